The number of pyridine rings is 1. The van der Waals surface area contributed by atoms with E-state index in [1.165, 1.54) is 17.1 Å². The zero-order valence-corrected chi connectivity index (χ0v) is 12.1. The summed E-state index contributed by atoms with van der Waals surface area (Å²) in [6.45, 7) is 1.11. The molecule has 2 atom stereocenters. The van der Waals surface area contributed by atoms with Gasteiger partial charge in [-0.2, -0.15) is 5.10 Å². The highest BCUT2D eigenvalue weighted by Gasteiger charge is 2.71. The Labute approximate surface area is 130 Å². The van der Waals surface area contributed by atoms with Gasteiger partial charge in [0.25, 0.3) is 5.92 Å². The Kier molecular flexibility index (Phi) is 2.91. The first-order valence-electron chi connectivity index (χ1n) is 7.28. The fourth-order valence-electron chi connectivity index (χ4n) is 3.14. The van der Waals surface area contributed by atoms with Crippen LogP contribution < -0.4 is 4.90 Å². The van der Waals surface area contributed by atoms with Gasteiger partial charge in [-0.15, -0.1) is 0 Å². The van der Waals surface area contributed by atoms with Gasteiger partial charge in [0.2, 0.25) is 0 Å². The van der Waals surface area contributed by atoms with Crippen LogP contribution in [0.3, 0.4) is 0 Å². The third-order valence-corrected chi connectivity index (χ3v) is 4.58. The van der Waals surface area contributed by atoms with E-state index in [1.54, 1.807) is 12.3 Å². The molecule has 2 aromatic rings. The van der Waals surface area contributed by atoms with Crippen LogP contribution in [0.15, 0.2) is 30.7 Å². The minimum absolute atomic E-state index is 0.124. The number of anilines is 1. The fraction of sp³-hybridized carbons (Fsp3) is 0.400. The maximum absolute atomic E-state index is 13.2. The van der Waals surface area contributed by atoms with Crippen molar-refractivity contribution in [2.75, 3.05) is 18.0 Å². The number of hydrogen-bond acceptors (Lipinski definition) is 4. The zero-order chi connectivity index (χ0) is 16.2. The number of fused-ring (bicyclic) bond motifs is 1. The average Bonchev–Trinajstić information content (AvgIpc) is 2.99. The van der Waals surface area contributed by atoms with Crippen LogP contribution in [0.1, 0.15) is 16.1 Å². The molecule has 4 rings (SSSR count). The predicted molar refractivity (Wildman–Crippen MR) is 76.7 cm³/mol. The predicted octanol–water partition coefficient (Wildman–Crippen LogP) is 1.73. The van der Waals surface area contributed by atoms with Crippen LogP contribution in [0.25, 0.3) is 0 Å². The molecule has 1 saturated heterocycles. The van der Waals surface area contributed by atoms with Gasteiger partial charge in [-0.05, 0) is 12.1 Å². The van der Waals surface area contributed by atoms with Gasteiger partial charge in [0, 0.05) is 19.3 Å². The minimum Gasteiger partial charge on any atom is -0.478 e. The van der Waals surface area contributed by atoms with E-state index in [2.05, 4.69) is 10.1 Å². The molecule has 2 unspecified atom stereocenters. The van der Waals surface area contributed by atoms with Gasteiger partial charge in [-0.25, -0.2) is 13.6 Å². The minimum atomic E-state index is -2.48. The number of rotatable bonds is 4. The van der Waals surface area contributed by atoms with Gasteiger partial charge in [0.05, 0.1) is 47.7 Å². The summed E-state index contributed by atoms with van der Waals surface area (Å²) in [5.74, 6) is -4.53. The molecule has 2 aliphatic rings. The first kappa shape index (κ1) is 14.1. The van der Waals surface area contributed by atoms with Crippen molar-refractivity contribution in [3.8, 4) is 0 Å². The fourth-order valence-corrected chi connectivity index (χ4v) is 3.14. The summed E-state index contributed by atoms with van der Waals surface area (Å²) in [5, 5.41) is 12.8. The van der Waals surface area contributed by atoms with Crippen molar-refractivity contribution in [2.45, 2.75) is 12.5 Å². The van der Waals surface area contributed by atoms with Crippen molar-refractivity contribution in [1.82, 2.24) is 14.8 Å². The number of carboxylic acids is 1. The molecule has 3 heterocycles. The molecule has 2 fully saturated rings. The first-order chi connectivity index (χ1) is 10.9. The number of piperidine rings is 1. The topological polar surface area (TPSA) is 71.2 Å². The van der Waals surface area contributed by atoms with Crippen molar-refractivity contribution in [1.29, 1.82) is 0 Å². The Hall–Kier alpha value is -2.51. The lowest BCUT2D eigenvalue weighted by molar-refractivity contribution is 0.0696. The summed E-state index contributed by atoms with van der Waals surface area (Å²) in [6.07, 6.45) is 4.39. The van der Waals surface area contributed by atoms with Crippen molar-refractivity contribution >= 4 is 11.7 Å². The second kappa shape index (κ2) is 4.74. The van der Waals surface area contributed by atoms with E-state index in [0.717, 1.165) is 11.4 Å². The number of alkyl halides is 2. The lowest BCUT2D eigenvalue weighted by Crippen LogP contribution is -2.27. The molecule has 6 nitrogen and oxygen atoms in total. The molecule has 120 valence electrons. The molecule has 23 heavy (non-hydrogen) atoms. The van der Waals surface area contributed by atoms with Crippen LogP contribution in [0.5, 0.6) is 0 Å². The molecule has 0 amide bonds. The molecule has 1 aliphatic carbocycles. The smallest absolute Gasteiger partial charge is 0.338 e. The molecule has 2 aromatic heterocycles. The normalized spacial score (nSPS) is 24.5. The number of nitrogens with zero attached hydrogens (tertiary/aromatic N) is 4. The molecular formula is C15H14F2N4O2. The van der Waals surface area contributed by atoms with Crippen molar-refractivity contribution in [2.24, 2.45) is 11.8 Å². The largest absolute Gasteiger partial charge is 0.478 e. The van der Waals surface area contributed by atoms with E-state index < -0.39 is 23.7 Å². The monoisotopic (exact) mass is 320 g/mol. The van der Waals surface area contributed by atoms with Crippen LogP contribution >= 0.6 is 0 Å². The number of carboxylic acid groups (broad SMARTS) is 1. The summed E-state index contributed by atoms with van der Waals surface area (Å²) in [4.78, 5) is 17.0. The Balaban J connectivity index is 1.41. The Bertz CT molecular complexity index is 745. The third kappa shape index (κ3) is 2.34. The summed E-state index contributed by atoms with van der Waals surface area (Å²) in [6, 6.07) is 3.66. The third-order valence-electron chi connectivity index (χ3n) is 4.58. The van der Waals surface area contributed by atoms with Gasteiger partial charge in [0.1, 0.15) is 0 Å². The SMILES string of the molecule is O=C(O)c1cnn(Cc2ccc(N3CC4C(C3)C4(F)F)cn2)c1. The highest BCUT2D eigenvalue weighted by Crippen LogP contribution is 2.59. The number of hydrogen-bond donors (Lipinski definition) is 1. The summed E-state index contributed by atoms with van der Waals surface area (Å²) in [7, 11) is 0. The van der Waals surface area contributed by atoms with E-state index >= 15 is 0 Å². The van der Waals surface area contributed by atoms with Crippen molar-refractivity contribution in [3.05, 3.63) is 42.0 Å². The van der Waals surface area contributed by atoms with Crippen molar-refractivity contribution < 1.29 is 18.7 Å². The Morgan fingerprint density at radius 3 is 2.61 bits per heavy atom. The van der Waals surface area contributed by atoms with Crippen LogP contribution in [0.4, 0.5) is 14.5 Å². The lowest BCUT2D eigenvalue weighted by atomic mass is 10.3. The van der Waals surface area contributed by atoms with Gasteiger partial charge >= 0.3 is 5.97 Å². The number of aromatic carboxylic acids is 1. The van der Waals surface area contributed by atoms with Crippen LogP contribution in [0, 0.1) is 11.8 Å². The molecule has 1 aliphatic heterocycles. The highest BCUT2D eigenvalue weighted by molar-refractivity contribution is 5.86. The van der Waals surface area contributed by atoms with Crippen LogP contribution in [0.2, 0.25) is 0 Å². The standard InChI is InChI=1S/C15H14F2N4O2/c16-15(17)12-7-20(8-13(12)15)11-2-1-10(18-4-11)6-21-5-9(3-19-21)14(22)23/h1-5,12-13H,6-8H2,(H,22,23). The Morgan fingerprint density at radius 2 is 2.04 bits per heavy atom. The maximum atomic E-state index is 13.2. The Morgan fingerprint density at radius 1 is 1.30 bits per heavy atom. The molecule has 1 saturated carbocycles. The summed E-state index contributed by atoms with van der Waals surface area (Å²) in [5.41, 5.74) is 1.69. The zero-order valence-electron chi connectivity index (χ0n) is 12.1. The quantitative estimate of drug-likeness (QED) is 0.929. The summed E-state index contributed by atoms with van der Waals surface area (Å²) < 4.78 is 27.9. The second-order valence-electron chi connectivity index (χ2n) is 6.03. The lowest BCUT2D eigenvalue weighted by Gasteiger charge is -2.21. The van der Waals surface area contributed by atoms with Gasteiger partial charge < -0.3 is 10.0 Å². The summed E-state index contributed by atoms with van der Waals surface area (Å²) >= 11 is 0. The maximum Gasteiger partial charge on any atom is 0.338 e. The number of carbonyl (C=O) groups is 1. The molecule has 8 heteroatoms. The number of aromatic nitrogens is 3. The van der Waals surface area contributed by atoms with Gasteiger partial charge in [0.15, 0.2) is 0 Å². The second-order valence-corrected chi connectivity index (χ2v) is 6.03. The first-order valence-corrected chi connectivity index (χ1v) is 7.28. The highest BCUT2D eigenvalue weighted by atomic mass is 19.3. The molecule has 0 aromatic carbocycles. The molecule has 0 bridgehead atoms. The van der Waals surface area contributed by atoms with Gasteiger partial charge in [-0.3, -0.25) is 9.67 Å². The van der Waals surface area contributed by atoms with Crippen LogP contribution in [-0.4, -0.2) is 44.9 Å². The average molecular weight is 320 g/mol. The van der Waals surface area contributed by atoms with Crippen molar-refractivity contribution in [3.63, 3.8) is 0 Å². The van der Waals surface area contributed by atoms with E-state index in [4.69, 9.17) is 5.11 Å². The van der Waals surface area contributed by atoms with E-state index in [9.17, 15) is 13.6 Å². The molecule has 1 N–H and O–H groups in total. The molecule has 0 radical (unpaired) electrons. The van der Waals surface area contributed by atoms with E-state index in [-0.39, 0.29) is 5.56 Å². The van der Waals surface area contributed by atoms with E-state index in [0.29, 0.717) is 19.6 Å². The van der Waals surface area contributed by atoms with Crippen LogP contribution in [-0.2, 0) is 6.54 Å². The van der Waals surface area contributed by atoms with E-state index in [1.807, 2.05) is 11.0 Å². The number of halogens is 2. The molecule has 0 spiro atoms. The molecular weight excluding hydrogens is 306 g/mol. The van der Waals surface area contributed by atoms with Gasteiger partial charge in [-0.1, -0.05) is 0 Å².